The number of halogens is 1. The third-order valence-corrected chi connectivity index (χ3v) is 6.84. The molecule has 1 aliphatic rings. The van der Waals surface area contributed by atoms with Gasteiger partial charge in [0.1, 0.15) is 17.4 Å². The van der Waals surface area contributed by atoms with Gasteiger partial charge in [-0.2, -0.15) is 0 Å². The number of hydrogen-bond donors (Lipinski definition) is 0. The summed E-state index contributed by atoms with van der Waals surface area (Å²) in [6.45, 7) is 5.76. The van der Waals surface area contributed by atoms with Crippen molar-refractivity contribution in [2.24, 2.45) is 0 Å². The first-order valence-electron chi connectivity index (χ1n) is 10.0. The first kappa shape index (κ1) is 19.6. The van der Waals surface area contributed by atoms with Crippen molar-refractivity contribution in [1.29, 1.82) is 0 Å². The first-order chi connectivity index (χ1) is 14.9. The highest BCUT2D eigenvalue weighted by molar-refractivity contribution is 7.15. The highest BCUT2D eigenvalue weighted by atomic mass is 32.1. The average Bonchev–Trinajstić information content (AvgIpc) is 3.24. The summed E-state index contributed by atoms with van der Waals surface area (Å²) in [6.07, 6.45) is 0.756. The van der Waals surface area contributed by atoms with E-state index in [4.69, 9.17) is 4.42 Å². The van der Waals surface area contributed by atoms with Crippen molar-refractivity contribution < 1.29 is 13.6 Å². The van der Waals surface area contributed by atoms with Crippen molar-refractivity contribution in [1.82, 2.24) is 4.98 Å². The van der Waals surface area contributed by atoms with Gasteiger partial charge in [0, 0.05) is 10.4 Å². The summed E-state index contributed by atoms with van der Waals surface area (Å²) in [4.78, 5) is 33.9. The number of hydrogen-bond acceptors (Lipinski definition) is 5. The highest BCUT2D eigenvalue weighted by Gasteiger charge is 2.45. The van der Waals surface area contributed by atoms with E-state index in [1.54, 1.807) is 30.3 Å². The number of fused-ring (bicyclic) bond motifs is 2. The predicted molar refractivity (Wildman–Crippen MR) is 119 cm³/mol. The third kappa shape index (κ3) is 2.91. The minimum Gasteiger partial charge on any atom is -0.450 e. The van der Waals surface area contributed by atoms with Crippen molar-refractivity contribution in [2.45, 2.75) is 33.2 Å². The molecule has 0 saturated heterocycles. The van der Waals surface area contributed by atoms with Crippen LogP contribution in [-0.4, -0.2) is 10.9 Å². The van der Waals surface area contributed by atoms with Crippen molar-refractivity contribution in [3.63, 3.8) is 0 Å². The summed E-state index contributed by atoms with van der Waals surface area (Å²) in [5, 5.41) is 0.804. The van der Waals surface area contributed by atoms with Crippen molar-refractivity contribution in [2.75, 3.05) is 4.90 Å². The van der Waals surface area contributed by atoms with Crippen LogP contribution in [0.25, 0.3) is 11.0 Å². The Bertz CT molecular complexity index is 1400. The fourth-order valence-corrected chi connectivity index (χ4v) is 4.92. The molecule has 1 atom stereocenters. The lowest BCUT2D eigenvalue weighted by molar-refractivity contribution is 0.0970. The molecule has 3 heterocycles. The van der Waals surface area contributed by atoms with Crippen LogP contribution in [-0.2, 0) is 6.42 Å². The Kier molecular flexibility index (Phi) is 4.51. The standard InChI is InChI=1S/C24H19FN2O3S/c1-4-14-9-10-18-16(11-14)21(28)19-20(15-7-5-6-8-17(15)25)27(23(29)22(19)30-18)24-26-12(2)13(3)31-24/h5-11,20H,4H2,1-3H3. The van der Waals surface area contributed by atoms with Gasteiger partial charge in [-0.25, -0.2) is 9.37 Å². The zero-order chi connectivity index (χ0) is 21.9. The van der Waals surface area contributed by atoms with Gasteiger partial charge in [-0.1, -0.05) is 31.2 Å². The van der Waals surface area contributed by atoms with E-state index >= 15 is 0 Å². The first-order valence-corrected chi connectivity index (χ1v) is 10.8. The molecule has 1 unspecified atom stereocenters. The number of nitrogens with zero attached hydrogens (tertiary/aromatic N) is 2. The van der Waals surface area contributed by atoms with Crippen molar-refractivity contribution in [3.05, 3.63) is 91.5 Å². The maximum Gasteiger partial charge on any atom is 0.297 e. The monoisotopic (exact) mass is 434 g/mol. The third-order valence-electron chi connectivity index (χ3n) is 5.77. The molecule has 1 amide bonds. The number of thiazole rings is 1. The minimum atomic E-state index is -0.945. The molecule has 0 spiro atoms. The molecule has 7 heteroatoms. The second kappa shape index (κ2) is 7.13. The molecule has 0 saturated carbocycles. The zero-order valence-corrected chi connectivity index (χ0v) is 18.0. The molecule has 5 nitrogen and oxygen atoms in total. The van der Waals surface area contributed by atoms with E-state index < -0.39 is 17.8 Å². The van der Waals surface area contributed by atoms with Gasteiger partial charge >= 0.3 is 0 Å². The molecule has 5 rings (SSSR count). The maximum atomic E-state index is 14.9. The van der Waals surface area contributed by atoms with E-state index in [2.05, 4.69) is 4.98 Å². The number of rotatable bonds is 3. The van der Waals surface area contributed by atoms with E-state index in [-0.39, 0.29) is 22.3 Å². The lowest BCUT2D eigenvalue weighted by atomic mass is 9.97. The maximum absolute atomic E-state index is 14.9. The topological polar surface area (TPSA) is 63.4 Å². The molecule has 4 aromatic rings. The molecule has 0 radical (unpaired) electrons. The lowest BCUT2D eigenvalue weighted by Crippen LogP contribution is -2.30. The fraction of sp³-hybridized carbons (Fsp3) is 0.208. The number of carbonyl (C=O) groups is 1. The Morgan fingerprint density at radius 3 is 2.61 bits per heavy atom. The Balaban J connectivity index is 1.84. The highest BCUT2D eigenvalue weighted by Crippen LogP contribution is 2.43. The summed E-state index contributed by atoms with van der Waals surface area (Å²) in [5.41, 5.74) is 2.18. The van der Waals surface area contributed by atoms with Crippen LogP contribution < -0.4 is 10.3 Å². The molecular formula is C24H19FN2O3S. The van der Waals surface area contributed by atoms with E-state index in [0.29, 0.717) is 16.1 Å². The van der Waals surface area contributed by atoms with Gasteiger partial charge in [-0.3, -0.25) is 14.5 Å². The fourth-order valence-electron chi connectivity index (χ4n) is 3.99. The predicted octanol–water partition coefficient (Wildman–Crippen LogP) is 5.32. The summed E-state index contributed by atoms with van der Waals surface area (Å²) in [5.74, 6) is -1.04. The zero-order valence-electron chi connectivity index (χ0n) is 17.2. The van der Waals surface area contributed by atoms with Crippen LogP contribution in [0, 0.1) is 19.7 Å². The molecule has 0 aliphatic carbocycles. The van der Waals surface area contributed by atoms with Crippen LogP contribution in [0.1, 0.15) is 50.8 Å². The Morgan fingerprint density at radius 2 is 1.94 bits per heavy atom. The molecule has 31 heavy (non-hydrogen) atoms. The van der Waals surface area contributed by atoms with Gasteiger partial charge in [0.05, 0.1) is 16.6 Å². The summed E-state index contributed by atoms with van der Waals surface area (Å²) < 4.78 is 20.9. The molecular weight excluding hydrogens is 415 g/mol. The van der Waals surface area contributed by atoms with E-state index in [0.717, 1.165) is 22.6 Å². The number of benzene rings is 2. The average molecular weight is 434 g/mol. The van der Waals surface area contributed by atoms with Gasteiger partial charge in [-0.15, -0.1) is 11.3 Å². The van der Waals surface area contributed by atoms with Crippen molar-refractivity contribution in [3.8, 4) is 0 Å². The van der Waals surface area contributed by atoms with E-state index in [1.807, 2.05) is 26.8 Å². The molecule has 0 N–H and O–H groups in total. The van der Waals surface area contributed by atoms with E-state index in [1.165, 1.54) is 22.3 Å². The Labute approximate surface area is 181 Å². The van der Waals surface area contributed by atoms with Crippen LogP contribution in [0.2, 0.25) is 0 Å². The van der Waals surface area contributed by atoms with Gasteiger partial charge in [0.2, 0.25) is 5.76 Å². The number of carbonyl (C=O) groups excluding carboxylic acids is 1. The van der Waals surface area contributed by atoms with Gasteiger partial charge in [0.15, 0.2) is 10.6 Å². The summed E-state index contributed by atoms with van der Waals surface area (Å²) in [6, 6.07) is 10.6. The number of aromatic nitrogens is 1. The number of amides is 1. The van der Waals surface area contributed by atoms with Crippen LogP contribution >= 0.6 is 11.3 Å². The van der Waals surface area contributed by atoms with E-state index in [9.17, 15) is 14.0 Å². The summed E-state index contributed by atoms with van der Waals surface area (Å²) >= 11 is 1.33. The second-order valence-electron chi connectivity index (χ2n) is 7.60. The second-order valence-corrected chi connectivity index (χ2v) is 8.78. The smallest absolute Gasteiger partial charge is 0.297 e. The number of aryl methyl sites for hydroxylation is 3. The quantitative estimate of drug-likeness (QED) is 0.438. The van der Waals surface area contributed by atoms with Crippen molar-refractivity contribution >= 4 is 33.3 Å². The van der Waals surface area contributed by atoms with Gasteiger partial charge in [0.25, 0.3) is 5.91 Å². The van der Waals surface area contributed by atoms with Crippen LogP contribution in [0.15, 0.2) is 51.7 Å². The van der Waals surface area contributed by atoms with Crippen LogP contribution in [0.4, 0.5) is 9.52 Å². The Hall–Kier alpha value is -3.32. The van der Waals surface area contributed by atoms with Gasteiger partial charge in [-0.05, 0) is 44.0 Å². The summed E-state index contributed by atoms with van der Waals surface area (Å²) in [7, 11) is 0. The normalized spacial score (nSPS) is 15.7. The molecule has 2 aromatic heterocycles. The number of anilines is 1. The molecule has 156 valence electrons. The van der Waals surface area contributed by atoms with Crippen LogP contribution in [0.5, 0.6) is 0 Å². The van der Waals surface area contributed by atoms with Crippen LogP contribution in [0.3, 0.4) is 0 Å². The van der Waals surface area contributed by atoms with Gasteiger partial charge < -0.3 is 4.42 Å². The molecule has 0 fully saturated rings. The SMILES string of the molecule is CCc1ccc2oc3c(c(=O)c2c1)C(c1ccccc1F)N(c1nc(C)c(C)s1)C3=O. The molecule has 1 aliphatic heterocycles. The lowest BCUT2D eigenvalue weighted by Gasteiger charge is -2.22. The molecule has 0 bridgehead atoms. The minimum absolute atomic E-state index is 0.0551. The molecule has 2 aromatic carbocycles. The largest absolute Gasteiger partial charge is 0.450 e. The Morgan fingerprint density at radius 1 is 1.16 bits per heavy atom.